The topological polar surface area (TPSA) is 24.5 Å². The minimum atomic E-state index is 0.306. The Labute approximate surface area is 124 Å². The van der Waals surface area contributed by atoms with Crippen molar-refractivity contribution >= 4 is 0 Å². The summed E-state index contributed by atoms with van der Waals surface area (Å²) in [7, 11) is 2.28. The maximum atomic E-state index is 6.42. The van der Waals surface area contributed by atoms with Crippen LogP contribution < -0.4 is 5.32 Å². The van der Waals surface area contributed by atoms with E-state index < -0.39 is 0 Å². The molecule has 1 aliphatic carbocycles. The van der Waals surface area contributed by atoms with Crippen molar-refractivity contribution in [2.45, 2.75) is 69.5 Å². The van der Waals surface area contributed by atoms with Gasteiger partial charge in [-0.05, 0) is 77.5 Å². The summed E-state index contributed by atoms with van der Waals surface area (Å²) in [4.78, 5) is 2.51. The molecule has 1 spiro atoms. The Morgan fingerprint density at radius 2 is 1.85 bits per heavy atom. The Balaban J connectivity index is 1.35. The second-order valence-electron chi connectivity index (χ2n) is 7.41. The number of rotatable bonds is 5. The van der Waals surface area contributed by atoms with Gasteiger partial charge in [0.05, 0.1) is 11.7 Å². The third-order valence-electron chi connectivity index (χ3n) is 5.75. The molecule has 1 unspecified atom stereocenters. The number of hydrogen-bond donors (Lipinski definition) is 1. The van der Waals surface area contributed by atoms with Crippen molar-refractivity contribution in [2.24, 2.45) is 5.92 Å². The minimum absolute atomic E-state index is 0.306. The van der Waals surface area contributed by atoms with E-state index in [1.54, 1.807) is 0 Å². The van der Waals surface area contributed by atoms with E-state index in [0.717, 1.165) is 12.5 Å². The number of ether oxygens (including phenoxy) is 1. The highest BCUT2D eigenvalue weighted by molar-refractivity contribution is 4.93. The molecular weight excluding hydrogens is 248 g/mol. The molecule has 0 aromatic carbocycles. The van der Waals surface area contributed by atoms with Gasteiger partial charge in [-0.15, -0.1) is 0 Å². The van der Waals surface area contributed by atoms with E-state index in [-0.39, 0.29) is 0 Å². The van der Waals surface area contributed by atoms with Gasteiger partial charge in [-0.3, -0.25) is 0 Å². The van der Waals surface area contributed by atoms with Gasteiger partial charge < -0.3 is 15.0 Å². The van der Waals surface area contributed by atoms with E-state index in [9.17, 15) is 0 Å². The normalized spacial score (nSPS) is 30.6. The maximum Gasteiger partial charge on any atom is 0.0710 e. The molecule has 20 heavy (non-hydrogen) atoms. The van der Waals surface area contributed by atoms with Gasteiger partial charge in [-0.1, -0.05) is 12.8 Å². The Hall–Kier alpha value is -0.120. The molecule has 3 aliphatic rings. The number of likely N-dealkylation sites (N-methyl/N-ethyl adjacent to an activating group) is 1. The molecule has 1 saturated carbocycles. The molecule has 1 atom stereocenters. The zero-order valence-electron chi connectivity index (χ0n) is 13.2. The molecule has 3 fully saturated rings. The fourth-order valence-electron chi connectivity index (χ4n) is 4.42. The first kappa shape index (κ1) is 14.8. The van der Waals surface area contributed by atoms with Crippen LogP contribution in [-0.2, 0) is 4.74 Å². The maximum absolute atomic E-state index is 6.42. The molecule has 0 aromatic rings. The zero-order valence-corrected chi connectivity index (χ0v) is 13.2. The molecule has 3 nitrogen and oxygen atoms in total. The first-order chi connectivity index (χ1) is 9.76. The van der Waals surface area contributed by atoms with E-state index in [2.05, 4.69) is 17.3 Å². The number of piperidine rings is 1. The number of nitrogens with one attached hydrogen (secondary N) is 1. The van der Waals surface area contributed by atoms with Gasteiger partial charge in [0.25, 0.3) is 0 Å². The Morgan fingerprint density at radius 3 is 2.60 bits per heavy atom. The summed E-state index contributed by atoms with van der Waals surface area (Å²) in [5.74, 6) is 0.948. The van der Waals surface area contributed by atoms with Crippen LogP contribution in [0.5, 0.6) is 0 Å². The molecule has 2 heterocycles. The van der Waals surface area contributed by atoms with E-state index in [1.165, 1.54) is 77.4 Å². The molecule has 3 rings (SSSR count). The summed E-state index contributed by atoms with van der Waals surface area (Å²) in [6.07, 6.45) is 12.6. The lowest BCUT2D eigenvalue weighted by molar-refractivity contribution is -0.0454. The first-order valence-electron chi connectivity index (χ1n) is 8.83. The van der Waals surface area contributed by atoms with E-state index >= 15 is 0 Å². The quantitative estimate of drug-likeness (QED) is 0.838. The molecular formula is C17H32N2O. The molecule has 0 radical (unpaired) electrons. The lowest BCUT2D eigenvalue weighted by atomic mass is 9.94. The molecule has 2 saturated heterocycles. The standard InChI is InChI=1S/C17H32N2O/c1-19(13-7-15-5-11-18-12-6-15)14-16-4-10-17(20-16)8-2-3-9-17/h15-16,18H,2-14H2,1H3. The molecule has 3 heteroatoms. The monoisotopic (exact) mass is 280 g/mol. The van der Waals surface area contributed by atoms with Crippen LogP contribution in [0.15, 0.2) is 0 Å². The predicted molar refractivity (Wildman–Crippen MR) is 83.0 cm³/mol. The van der Waals surface area contributed by atoms with Crippen molar-refractivity contribution in [1.29, 1.82) is 0 Å². The highest BCUT2D eigenvalue weighted by Crippen LogP contribution is 2.43. The number of nitrogens with zero attached hydrogens (tertiary/aromatic N) is 1. The average Bonchev–Trinajstić information content (AvgIpc) is 3.09. The Morgan fingerprint density at radius 1 is 1.10 bits per heavy atom. The SMILES string of the molecule is CN(CCC1CCNCC1)CC1CCC2(CCCC2)O1. The summed E-state index contributed by atoms with van der Waals surface area (Å²) in [5, 5.41) is 3.46. The first-order valence-corrected chi connectivity index (χ1v) is 8.83. The fraction of sp³-hybridized carbons (Fsp3) is 1.00. The third-order valence-corrected chi connectivity index (χ3v) is 5.75. The molecule has 0 bridgehead atoms. The summed E-state index contributed by atoms with van der Waals surface area (Å²) in [6.45, 7) is 4.84. The smallest absolute Gasteiger partial charge is 0.0710 e. The van der Waals surface area contributed by atoms with Crippen LogP contribution in [0.1, 0.15) is 57.8 Å². The zero-order chi connectivity index (χ0) is 13.8. The predicted octanol–water partition coefficient (Wildman–Crippen LogP) is 2.80. The van der Waals surface area contributed by atoms with Crippen molar-refractivity contribution in [3.63, 3.8) is 0 Å². The summed E-state index contributed by atoms with van der Waals surface area (Å²) >= 11 is 0. The minimum Gasteiger partial charge on any atom is -0.370 e. The molecule has 0 aromatic heterocycles. The summed E-state index contributed by atoms with van der Waals surface area (Å²) in [5.41, 5.74) is 0.306. The van der Waals surface area contributed by atoms with Gasteiger partial charge in [0.1, 0.15) is 0 Å². The van der Waals surface area contributed by atoms with Crippen molar-refractivity contribution in [3.05, 3.63) is 0 Å². The van der Waals surface area contributed by atoms with Gasteiger partial charge in [-0.2, -0.15) is 0 Å². The number of hydrogen-bond acceptors (Lipinski definition) is 3. The van der Waals surface area contributed by atoms with Gasteiger partial charge in [0.2, 0.25) is 0 Å². The van der Waals surface area contributed by atoms with Crippen LogP contribution in [0.2, 0.25) is 0 Å². The van der Waals surface area contributed by atoms with Crippen molar-refractivity contribution < 1.29 is 4.74 Å². The highest BCUT2D eigenvalue weighted by Gasteiger charge is 2.42. The van der Waals surface area contributed by atoms with E-state index in [4.69, 9.17) is 4.74 Å². The van der Waals surface area contributed by atoms with Crippen LogP contribution in [0.25, 0.3) is 0 Å². The highest BCUT2D eigenvalue weighted by atomic mass is 16.5. The Kier molecular flexibility index (Phi) is 5.00. The molecule has 116 valence electrons. The van der Waals surface area contributed by atoms with Crippen LogP contribution in [0, 0.1) is 5.92 Å². The van der Waals surface area contributed by atoms with Crippen molar-refractivity contribution in [1.82, 2.24) is 10.2 Å². The fourth-order valence-corrected chi connectivity index (χ4v) is 4.42. The van der Waals surface area contributed by atoms with Crippen LogP contribution >= 0.6 is 0 Å². The largest absolute Gasteiger partial charge is 0.370 e. The second-order valence-corrected chi connectivity index (χ2v) is 7.41. The van der Waals surface area contributed by atoms with Crippen molar-refractivity contribution in [3.8, 4) is 0 Å². The molecule has 1 N–H and O–H groups in total. The van der Waals surface area contributed by atoms with Gasteiger partial charge in [0, 0.05) is 6.54 Å². The lowest BCUT2D eigenvalue weighted by Gasteiger charge is -2.28. The summed E-state index contributed by atoms with van der Waals surface area (Å²) in [6, 6.07) is 0. The lowest BCUT2D eigenvalue weighted by Crippen LogP contribution is -2.34. The van der Waals surface area contributed by atoms with Gasteiger partial charge in [0.15, 0.2) is 0 Å². The molecule has 0 amide bonds. The second kappa shape index (κ2) is 6.76. The third kappa shape index (κ3) is 3.75. The van der Waals surface area contributed by atoms with Crippen LogP contribution in [-0.4, -0.2) is 49.8 Å². The van der Waals surface area contributed by atoms with Crippen LogP contribution in [0.3, 0.4) is 0 Å². The van der Waals surface area contributed by atoms with Crippen LogP contribution in [0.4, 0.5) is 0 Å². The average molecular weight is 280 g/mol. The van der Waals surface area contributed by atoms with Gasteiger partial charge in [-0.25, -0.2) is 0 Å². The van der Waals surface area contributed by atoms with E-state index in [1.807, 2.05) is 0 Å². The summed E-state index contributed by atoms with van der Waals surface area (Å²) < 4.78 is 6.42. The Bertz CT molecular complexity index is 295. The van der Waals surface area contributed by atoms with Gasteiger partial charge >= 0.3 is 0 Å². The molecule has 2 aliphatic heterocycles. The van der Waals surface area contributed by atoms with Crippen molar-refractivity contribution in [2.75, 3.05) is 33.2 Å². The van der Waals surface area contributed by atoms with E-state index in [0.29, 0.717) is 11.7 Å².